The summed E-state index contributed by atoms with van der Waals surface area (Å²) in [5, 5.41) is 0. The molecule has 0 aliphatic heterocycles. The normalized spacial score (nSPS) is 13.1. The summed E-state index contributed by atoms with van der Waals surface area (Å²) in [7, 11) is -4.77. The Bertz CT molecular complexity index is 1040. The zero-order chi connectivity index (χ0) is 38.9. The topological polar surface area (TPSA) is 119 Å². The summed E-state index contributed by atoms with van der Waals surface area (Å²) in [6.07, 6.45) is 49.5. The van der Waals surface area contributed by atoms with Gasteiger partial charge in [0.2, 0.25) is 0 Å². The van der Waals surface area contributed by atoms with Crippen LogP contribution in [0.1, 0.15) is 187 Å². The van der Waals surface area contributed by atoms with Crippen LogP contribution in [0.15, 0.2) is 60.8 Å². The lowest BCUT2D eigenvalue weighted by Gasteiger charge is -2.18. The average molecular weight is 765 g/mol. The van der Waals surface area contributed by atoms with Crippen LogP contribution < -0.4 is 0 Å². The number of carbonyl (C=O) groups excluding carboxylic acids is 2. The largest absolute Gasteiger partial charge is 0.469 e. The summed E-state index contributed by atoms with van der Waals surface area (Å²) in [4.78, 5) is 42.8. The third-order valence-corrected chi connectivity index (χ3v) is 9.29. The number of hydrogen-bond donors (Lipinski definition) is 2. The molecule has 2 N–H and O–H groups in total. The van der Waals surface area contributed by atoms with E-state index >= 15 is 0 Å². The van der Waals surface area contributed by atoms with Crippen molar-refractivity contribution in [2.75, 3.05) is 13.2 Å². The molecule has 0 aromatic carbocycles. The first kappa shape index (κ1) is 50.8. The molecular weight excluding hydrogens is 687 g/mol. The molecule has 0 aromatic heterocycles. The molecule has 0 spiro atoms. The van der Waals surface area contributed by atoms with Gasteiger partial charge < -0.3 is 19.3 Å². The van der Waals surface area contributed by atoms with Gasteiger partial charge in [-0.05, 0) is 51.4 Å². The molecule has 53 heavy (non-hydrogen) atoms. The van der Waals surface area contributed by atoms with Crippen molar-refractivity contribution >= 4 is 19.8 Å². The second-order valence-corrected chi connectivity index (χ2v) is 15.2. The van der Waals surface area contributed by atoms with Crippen LogP contribution in [-0.4, -0.2) is 41.0 Å². The van der Waals surface area contributed by atoms with Gasteiger partial charge in [0, 0.05) is 12.8 Å². The van der Waals surface area contributed by atoms with Crippen molar-refractivity contribution in [3.8, 4) is 0 Å². The molecular formula is C44H77O8P. The first-order chi connectivity index (χ1) is 25.8. The highest BCUT2D eigenvalue weighted by atomic mass is 31.2. The monoisotopic (exact) mass is 765 g/mol. The van der Waals surface area contributed by atoms with Gasteiger partial charge in [0.05, 0.1) is 6.61 Å². The molecule has 0 saturated heterocycles. The van der Waals surface area contributed by atoms with Gasteiger partial charge >= 0.3 is 19.8 Å². The van der Waals surface area contributed by atoms with E-state index in [0.717, 1.165) is 51.4 Å². The van der Waals surface area contributed by atoms with Crippen molar-refractivity contribution in [1.29, 1.82) is 0 Å². The highest BCUT2D eigenvalue weighted by Crippen LogP contribution is 2.36. The van der Waals surface area contributed by atoms with E-state index in [4.69, 9.17) is 19.3 Å². The Morgan fingerprint density at radius 3 is 1.34 bits per heavy atom. The average Bonchev–Trinajstić information content (AvgIpc) is 3.13. The number of phosphoric acid groups is 1. The van der Waals surface area contributed by atoms with Crippen molar-refractivity contribution in [3.05, 3.63) is 60.8 Å². The van der Waals surface area contributed by atoms with Crippen LogP contribution in [0.4, 0.5) is 0 Å². The third-order valence-electron chi connectivity index (χ3n) is 8.80. The predicted octanol–water partition coefficient (Wildman–Crippen LogP) is 12.9. The van der Waals surface area contributed by atoms with Gasteiger partial charge in [0.25, 0.3) is 0 Å². The Labute approximate surface area is 324 Å². The van der Waals surface area contributed by atoms with Crippen LogP contribution in [0.25, 0.3) is 0 Å². The fourth-order valence-corrected chi connectivity index (χ4v) is 6.06. The van der Waals surface area contributed by atoms with E-state index in [9.17, 15) is 14.2 Å². The summed E-state index contributed by atoms with van der Waals surface area (Å²) in [6.45, 7) is 3.53. The van der Waals surface area contributed by atoms with Gasteiger partial charge in [-0.15, -0.1) is 0 Å². The Hall–Kier alpha value is -2.25. The Morgan fingerprint density at radius 2 is 0.906 bits per heavy atom. The minimum absolute atomic E-state index is 0.133. The van der Waals surface area contributed by atoms with Crippen LogP contribution in [0.5, 0.6) is 0 Å². The number of ether oxygens (including phenoxy) is 2. The van der Waals surface area contributed by atoms with Gasteiger partial charge in [-0.1, -0.05) is 184 Å². The number of carbonyl (C=O) groups is 2. The van der Waals surface area contributed by atoms with E-state index in [1.807, 2.05) is 6.08 Å². The molecule has 1 unspecified atom stereocenters. The van der Waals surface area contributed by atoms with E-state index in [1.165, 1.54) is 96.3 Å². The minimum Gasteiger partial charge on any atom is -0.462 e. The van der Waals surface area contributed by atoms with Crippen LogP contribution >= 0.6 is 7.82 Å². The minimum atomic E-state index is -4.77. The van der Waals surface area contributed by atoms with Crippen molar-refractivity contribution in [1.82, 2.24) is 0 Å². The second kappa shape index (κ2) is 39.4. The summed E-state index contributed by atoms with van der Waals surface area (Å²) in [5.41, 5.74) is 0. The first-order valence-electron chi connectivity index (χ1n) is 21.1. The number of esters is 2. The van der Waals surface area contributed by atoms with Gasteiger partial charge in [0.15, 0.2) is 6.10 Å². The predicted molar refractivity (Wildman–Crippen MR) is 221 cm³/mol. The number of unbranched alkanes of at least 4 members (excludes halogenated alkanes) is 18. The third kappa shape index (κ3) is 42.4. The number of allylic oxidation sites excluding steroid dienone is 10. The lowest BCUT2D eigenvalue weighted by molar-refractivity contribution is -0.161. The fourth-order valence-electron chi connectivity index (χ4n) is 5.70. The van der Waals surface area contributed by atoms with Crippen molar-refractivity contribution in [2.45, 2.75) is 193 Å². The van der Waals surface area contributed by atoms with Crippen molar-refractivity contribution < 1.29 is 37.9 Å². The molecule has 0 aliphatic rings. The highest BCUT2D eigenvalue weighted by Gasteiger charge is 2.22. The quantitative estimate of drug-likeness (QED) is 0.0276. The summed E-state index contributed by atoms with van der Waals surface area (Å²) in [5.74, 6) is -0.951. The molecule has 9 heteroatoms. The maximum atomic E-state index is 12.4. The van der Waals surface area contributed by atoms with Gasteiger partial charge in [-0.2, -0.15) is 0 Å². The molecule has 0 fully saturated rings. The molecule has 0 aromatic rings. The maximum Gasteiger partial charge on any atom is 0.469 e. The zero-order valence-corrected chi connectivity index (χ0v) is 34.5. The number of rotatable bonds is 38. The molecule has 0 saturated carbocycles. The van der Waals surface area contributed by atoms with Gasteiger partial charge in [-0.3, -0.25) is 14.1 Å². The Kier molecular flexibility index (Phi) is 37.8. The van der Waals surface area contributed by atoms with Crippen LogP contribution in [0.2, 0.25) is 0 Å². The SMILES string of the molecule is CC/C=C\C/C=C\C/C=C\C/C=C\C/C=C\CCCC(=O)OC(COC(=O)CCCCCCCCCCCCCCCCCCCC)COP(=O)(O)O. The summed E-state index contributed by atoms with van der Waals surface area (Å²) < 4.78 is 26.3. The van der Waals surface area contributed by atoms with E-state index in [1.54, 1.807) is 0 Å². The summed E-state index contributed by atoms with van der Waals surface area (Å²) in [6, 6.07) is 0. The second-order valence-electron chi connectivity index (χ2n) is 13.9. The zero-order valence-electron chi connectivity index (χ0n) is 33.6. The molecule has 0 rings (SSSR count). The Balaban J connectivity index is 3.99. The van der Waals surface area contributed by atoms with Crippen LogP contribution in [-0.2, 0) is 28.2 Å². The van der Waals surface area contributed by atoms with Gasteiger partial charge in [0.1, 0.15) is 6.61 Å². The van der Waals surface area contributed by atoms with E-state index in [-0.39, 0.29) is 19.4 Å². The molecule has 306 valence electrons. The highest BCUT2D eigenvalue weighted by molar-refractivity contribution is 7.46. The summed E-state index contributed by atoms with van der Waals surface area (Å²) >= 11 is 0. The standard InChI is InChI=1S/C44H77O8P/c1-3-5-7-9-11-13-15-17-19-21-23-24-26-28-30-32-34-36-38-43(45)50-40-42(41-51-53(47,48)49)52-44(46)39-37-35-33-31-29-27-25-22-20-18-16-14-12-10-8-6-4-2/h6,8,12,14,18,20,25,27,31,33,42H,3-5,7,9-11,13,15-17,19,21-24,26,28-30,32,34-41H2,1-2H3,(H2,47,48,49)/b8-6-,14-12-,20-18-,27-25-,33-31-. The molecule has 0 aliphatic carbocycles. The molecule has 0 amide bonds. The van der Waals surface area contributed by atoms with Gasteiger partial charge in [-0.25, -0.2) is 4.57 Å². The molecule has 0 bridgehead atoms. The molecule has 0 heterocycles. The van der Waals surface area contributed by atoms with Crippen LogP contribution in [0, 0.1) is 0 Å². The number of hydrogen-bond acceptors (Lipinski definition) is 6. The fraction of sp³-hybridized carbons (Fsp3) is 0.727. The molecule has 0 radical (unpaired) electrons. The van der Waals surface area contributed by atoms with Crippen molar-refractivity contribution in [2.24, 2.45) is 0 Å². The van der Waals surface area contributed by atoms with Crippen LogP contribution in [0.3, 0.4) is 0 Å². The lowest BCUT2D eigenvalue weighted by Crippen LogP contribution is -2.29. The first-order valence-corrected chi connectivity index (χ1v) is 22.6. The smallest absolute Gasteiger partial charge is 0.462 e. The van der Waals surface area contributed by atoms with E-state index in [0.29, 0.717) is 12.8 Å². The molecule has 1 atom stereocenters. The molecule has 8 nitrogen and oxygen atoms in total. The maximum absolute atomic E-state index is 12.4. The van der Waals surface area contributed by atoms with E-state index < -0.39 is 32.5 Å². The number of phosphoric ester groups is 1. The van der Waals surface area contributed by atoms with Crippen molar-refractivity contribution in [3.63, 3.8) is 0 Å². The Morgan fingerprint density at radius 1 is 0.509 bits per heavy atom. The van der Waals surface area contributed by atoms with E-state index in [2.05, 4.69) is 73.1 Å². The lowest BCUT2D eigenvalue weighted by atomic mass is 10.0.